The minimum Gasteiger partial charge on any atom is -0.450 e. The van der Waals surface area contributed by atoms with Crippen molar-refractivity contribution in [2.45, 2.75) is 19.6 Å². The minimum atomic E-state index is -0.307. The van der Waals surface area contributed by atoms with Crippen LogP contribution in [0, 0.1) is 0 Å². The lowest BCUT2D eigenvalue weighted by atomic mass is 10.2. The lowest BCUT2D eigenvalue weighted by molar-refractivity contribution is -0.00341. The van der Waals surface area contributed by atoms with Crippen molar-refractivity contribution in [1.82, 2.24) is 4.90 Å². The molecule has 0 saturated carbocycles. The number of hydrogen-bond acceptors (Lipinski definition) is 3. The Balaban J connectivity index is 2.56. The van der Waals surface area contributed by atoms with E-state index in [9.17, 15) is 4.79 Å². The quantitative estimate of drug-likeness (QED) is 0.610. The molecule has 0 aromatic heterocycles. The topological polar surface area (TPSA) is 38.8 Å². The maximum atomic E-state index is 11.4. The summed E-state index contributed by atoms with van der Waals surface area (Å²) >= 11 is 0. The monoisotopic (exact) mass is 185 g/mol. The molecule has 0 N–H and O–H groups in total. The fraction of sp³-hybridized carbons (Fsp3) is 0.667. The highest BCUT2D eigenvalue weighted by atomic mass is 16.6. The van der Waals surface area contributed by atoms with Crippen molar-refractivity contribution in [3.05, 3.63) is 12.2 Å². The van der Waals surface area contributed by atoms with Crippen LogP contribution >= 0.6 is 0 Å². The molecule has 1 aliphatic heterocycles. The molecule has 4 heteroatoms. The average Bonchev–Trinajstić information content (AvgIpc) is 2.18. The number of carbonyl (C=O) groups excluding carboxylic acids is 1. The second kappa shape index (κ2) is 4.87. The molecule has 74 valence electrons. The molecule has 1 aliphatic rings. The average molecular weight is 185 g/mol. The number of nitrogens with zero attached hydrogens (tertiary/aromatic N) is 1. The fourth-order valence-electron chi connectivity index (χ4n) is 1.26. The summed E-state index contributed by atoms with van der Waals surface area (Å²) in [6.45, 7) is 2.85. The molecule has 0 saturated heterocycles. The third-order valence-corrected chi connectivity index (χ3v) is 1.89. The van der Waals surface area contributed by atoms with Gasteiger partial charge in [-0.15, -0.1) is 0 Å². The van der Waals surface area contributed by atoms with Crippen LogP contribution in [0.2, 0.25) is 0 Å². The molecule has 0 bridgehead atoms. The lowest BCUT2D eigenvalue weighted by Gasteiger charge is -2.29. The first kappa shape index (κ1) is 10.1. The van der Waals surface area contributed by atoms with Gasteiger partial charge in [-0.3, -0.25) is 4.90 Å². The Kier molecular flexibility index (Phi) is 3.76. The summed E-state index contributed by atoms with van der Waals surface area (Å²) in [7, 11) is 1.58. The summed E-state index contributed by atoms with van der Waals surface area (Å²) < 4.78 is 10.00. The van der Waals surface area contributed by atoms with Crippen LogP contribution in [-0.2, 0) is 9.47 Å². The van der Waals surface area contributed by atoms with Gasteiger partial charge in [0.1, 0.15) is 0 Å². The van der Waals surface area contributed by atoms with Crippen LogP contribution in [-0.4, -0.2) is 37.5 Å². The van der Waals surface area contributed by atoms with Crippen molar-refractivity contribution in [3.63, 3.8) is 0 Å². The molecule has 1 unspecified atom stereocenters. The molecule has 0 spiro atoms. The Hall–Kier alpha value is -1.03. The van der Waals surface area contributed by atoms with Crippen LogP contribution in [0.4, 0.5) is 4.79 Å². The van der Waals surface area contributed by atoms with Crippen LogP contribution < -0.4 is 0 Å². The van der Waals surface area contributed by atoms with E-state index in [4.69, 9.17) is 9.47 Å². The van der Waals surface area contributed by atoms with Gasteiger partial charge in [0.15, 0.2) is 6.23 Å². The zero-order chi connectivity index (χ0) is 9.68. The highest BCUT2D eigenvalue weighted by Gasteiger charge is 2.23. The Morgan fingerprint density at radius 3 is 3.08 bits per heavy atom. The van der Waals surface area contributed by atoms with E-state index in [-0.39, 0.29) is 12.3 Å². The van der Waals surface area contributed by atoms with Gasteiger partial charge in [-0.25, -0.2) is 4.79 Å². The van der Waals surface area contributed by atoms with E-state index in [0.29, 0.717) is 13.2 Å². The zero-order valence-corrected chi connectivity index (χ0v) is 8.03. The molecule has 4 nitrogen and oxygen atoms in total. The van der Waals surface area contributed by atoms with Crippen molar-refractivity contribution in [2.24, 2.45) is 0 Å². The van der Waals surface area contributed by atoms with Gasteiger partial charge in [-0.1, -0.05) is 6.08 Å². The van der Waals surface area contributed by atoms with Gasteiger partial charge in [0.2, 0.25) is 0 Å². The van der Waals surface area contributed by atoms with E-state index in [0.717, 1.165) is 6.42 Å². The van der Waals surface area contributed by atoms with Gasteiger partial charge >= 0.3 is 6.09 Å². The zero-order valence-electron chi connectivity index (χ0n) is 8.03. The van der Waals surface area contributed by atoms with Crippen LogP contribution in [0.5, 0.6) is 0 Å². The first-order valence-electron chi connectivity index (χ1n) is 4.42. The smallest absolute Gasteiger partial charge is 0.412 e. The van der Waals surface area contributed by atoms with Crippen LogP contribution in [0.25, 0.3) is 0 Å². The largest absolute Gasteiger partial charge is 0.450 e. The summed E-state index contributed by atoms with van der Waals surface area (Å²) in [4.78, 5) is 12.9. The molecule has 0 radical (unpaired) electrons. The maximum Gasteiger partial charge on any atom is 0.412 e. The number of amides is 1. The highest BCUT2D eigenvalue weighted by Crippen LogP contribution is 2.11. The van der Waals surface area contributed by atoms with Crippen molar-refractivity contribution < 1.29 is 14.3 Å². The molecule has 1 heterocycles. The number of rotatable bonds is 2. The summed E-state index contributed by atoms with van der Waals surface area (Å²) in [6, 6.07) is 0. The number of ether oxygens (including phenoxy) is 2. The molecule has 13 heavy (non-hydrogen) atoms. The molecule has 1 atom stereocenters. The van der Waals surface area contributed by atoms with Crippen LogP contribution in [0.1, 0.15) is 13.3 Å². The van der Waals surface area contributed by atoms with E-state index in [1.165, 1.54) is 0 Å². The van der Waals surface area contributed by atoms with Crippen molar-refractivity contribution in [1.29, 1.82) is 0 Å². The SMILES string of the molecule is CCOC(=O)N1CCC=CC1OC. The van der Waals surface area contributed by atoms with Gasteiger partial charge in [-0.2, -0.15) is 0 Å². The minimum absolute atomic E-state index is 0.271. The highest BCUT2D eigenvalue weighted by molar-refractivity contribution is 5.68. The Morgan fingerprint density at radius 1 is 1.69 bits per heavy atom. The van der Waals surface area contributed by atoms with E-state index in [2.05, 4.69) is 0 Å². The fourth-order valence-corrected chi connectivity index (χ4v) is 1.26. The van der Waals surface area contributed by atoms with Crippen molar-refractivity contribution >= 4 is 6.09 Å². The predicted molar refractivity (Wildman–Crippen MR) is 48.3 cm³/mol. The van der Waals surface area contributed by atoms with Crippen LogP contribution in [0.3, 0.4) is 0 Å². The second-order valence-electron chi connectivity index (χ2n) is 2.74. The molecule has 0 aliphatic carbocycles. The van der Waals surface area contributed by atoms with E-state index in [1.807, 2.05) is 12.2 Å². The van der Waals surface area contributed by atoms with E-state index < -0.39 is 0 Å². The van der Waals surface area contributed by atoms with Crippen LogP contribution in [0.15, 0.2) is 12.2 Å². The third-order valence-electron chi connectivity index (χ3n) is 1.89. The Labute approximate surface area is 78.1 Å². The van der Waals surface area contributed by atoms with Gasteiger partial charge in [0, 0.05) is 13.7 Å². The summed E-state index contributed by atoms with van der Waals surface area (Å²) in [5.41, 5.74) is 0. The summed E-state index contributed by atoms with van der Waals surface area (Å²) in [6.07, 6.45) is 4.15. The standard InChI is InChI=1S/C9H15NO3/c1-3-13-9(11)10-7-5-4-6-8(10)12-2/h4,6,8H,3,5,7H2,1-2H3. The molecular weight excluding hydrogens is 170 g/mol. The number of carbonyl (C=O) groups is 1. The molecule has 0 aromatic rings. The second-order valence-corrected chi connectivity index (χ2v) is 2.74. The molecule has 0 fully saturated rings. The predicted octanol–water partition coefficient (Wildman–Crippen LogP) is 1.38. The van der Waals surface area contributed by atoms with Gasteiger partial charge in [0.25, 0.3) is 0 Å². The third kappa shape index (κ3) is 2.45. The maximum absolute atomic E-state index is 11.4. The van der Waals surface area contributed by atoms with Gasteiger partial charge < -0.3 is 9.47 Å². The number of methoxy groups -OCH3 is 1. The number of hydrogen-bond donors (Lipinski definition) is 0. The molecule has 0 aromatic carbocycles. The first-order chi connectivity index (χ1) is 6.29. The normalized spacial score (nSPS) is 21.7. The molecular formula is C9H15NO3. The van der Waals surface area contributed by atoms with Gasteiger partial charge in [-0.05, 0) is 19.4 Å². The summed E-state index contributed by atoms with van der Waals surface area (Å²) in [5, 5.41) is 0. The van der Waals surface area contributed by atoms with Crippen molar-refractivity contribution in [3.8, 4) is 0 Å². The Bertz CT molecular complexity index is 203. The molecule has 1 amide bonds. The van der Waals surface area contributed by atoms with E-state index >= 15 is 0 Å². The first-order valence-corrected chi connectivity index (χ1v) is 4.42. The lowest BCUT2D eigenvalue weighted by Crippen LogP contribution is -2.42. The Morgan fingerprint density at radius 2 is 2.46 bits per heavy atom. The van der Waals surface area contributed by atoms with Gasteiger partial charge in [0.05, 0.1) is 6.61 Å². The van der Waals surface area contributed by atoms with Crippen molar-refractivity contribution in [2.75, 3.05) is 20.3 Å². The van der Waals surface area contributed by atoms with E-state index in [1.54, 1.807) is 18.9 Å². The summed E-state index contributed by atoms with van der Waals surface area (Å²) in [5.74, 6) is 0. The molecule has 1 rings (SSSR count).